The lowest BCUT2D eigenvalue weighted by Crippen LogP contribution is -2.43. The number of methoxy groups -OCH3 is 1. The number of amides is 2. The standard InChI is InChI=1S/C24H21ClN2O3/c1-30-23(28)19-11-5-7-13-21(19)26-24(29)27-15-14-16-8-2-3-9-17(16)22(27)18-10-4-6-12-20(18)25/h2-13,22H,14-15H2,1H3,(H,26,29). The molecule has 1 N–H and O–H groups in total. The quantitative estimate of drug-likeness (QED) is 0.584. The molecule has 0 spiro atoms. The first kappa shape index (κ1) is 20.0. The minimum absolute atomic E-state index is 0.300. The van der Waals surface area contributed by atoms with Gasteiger partial charge in [-0.25, -0.2) is 9.59 Å². The van der Waals surface area contributed by atoms with E-state index in [-0.39, 0.29) is 12.1 Å². The molecule has 1 heterocycles. The third kappa shape index (κ3) is 3.76. The molecule has 0 radical (unpaired) electrons. The summed E-state index contributed by atoms with van der Waals surface area (Å²) in [6, 6.07) is 21.8. The summed E-state index contributed by atoms with van der Waals surface area (Å²) in [4.78, 5) is 27.2. The Morgan fingerprint density at radius 2 is 1.63 bits per heavy atom. The number of fused-ring (bicyclic) bond motifs is 1. The SMILES string of the molecule is COC(=O)c1ccccc1NC(=O)N1CCc2ccccc2C1c1ccccc1Cl. The van der Waals surface area contributed by atoms with Crippen molar-refractivity contribution < 1.29 is 14.3 Å². The fraction of sp³-hybridized carbons (Fsp3) is 0.167. The van der Waals surface area contributed by atoms with Gasteiger partial charge < -0.3 is 15.0 Å². The molecule has 0 bridgehead atoms. The predicted molar refractivity (Wildman–Crippen MR) is 117 cm³/mol. The van der Waals surface area contributed by atoms with Crippen LogP contribution >= 0.6 is 11.6 Å². The average Bonchev–Trinajstić information content (AvgIpc) is 2.78. The van der Waals surface area contributed by atoms with E-state index in [1.807, 2.05) is 42.5 Å². The zero-order chi connectivity index (χ0) is 21.1. The first-order valence-electron chi connectivity index (χ1n) is 9.67. The molecular weight excluding hydrogens is 400 g/mol. The Morgan fingerprint density at radius 1 is 0.967 bits per heavy atom. The lowest BCUT2D eigenvalue weighted by Gasteiger charge is -2.38. The minimum Gasteiger partial charge on any atom is -0.465 e. The van der Waals surface area contributed by atoms with E-state index in [4.69, 9.17) is 16.3 Å². The van der Waals surface area contributed by atoms with Crippen molar-refractivity contribution in [1.82, 2.24) is 4.90 Å². The van der Waals surface area contributed by atoms with Gasteiger partial charge in [0, 0.05) is 11.6 Å². The third-order valence-electron chi connectivity index (χ3n) is 5.32. The van der Waals surface area contributed by atoms with Crippen molar-refractivity contribution in [2.45, 2.75) is 12.5 Å². The molecule has 0 saturated carbocycles. The number of para-hydroxylation sites is 1. The number of esters is 1. The summed E-state index contributed by atoms with van der Waals surface area (Å²) >= 11 is 6.52. The second-order valence-corrected chi connectivity index (χ2v) is 7.44. The summed E-state index contributed by atoms with van der Waals surface area (Å²) in [7, 11) is 1.32. The van der Waals surface area contributed by atoms with Gasteiger partial charge in [0.15, 0.2) is 0 Å². The van der Waals surface area contributed by atoms with E-state index < -0.39 is 5.97 Å². The predicted octanol–water partition coefficient (Wildman–Crippen LogP) is 5.31. The van der Waals surface area contributed by atoms with Crippen LogP contribution in [0.3, 0.4) is 0 Å². The highest BCUT2D eigenvalue weighted by atomic mass is 35.5. The molecule has 6 heteroatoms. The Morgan fingerprint density at radius 3 is 2.40 bits per heavy atom. The van der Waals surface area contributed by atoms with E-state index >= 15 is 0 Å². The van der Waals surface area contributed by atoms with Crippen LogP contribution in [0.2, 0.25) is 5.02 Å². The molecule has 2 amide bonds. The van der Waals surface area contributed by atoms with Crippen molar-refractivity contribution in [3.05, 3.63) is 100 Å². The van der Waals surface area contributed by atoms with Crippen LogP contribution in [0.5, 0.6) is 0 Å². The zero-order valence-electron chi connectivity index (χ0n) is 16.5. The summed E-state index contributed by atoms with van der Waals surface area (Å²) in [6.07, 6.45) is 0.739. The number of anilines is 1. The number of halogens is 1. The monoisotopic (exact) mass is 420 g/mol. The third-order valence-corrected chi connectivity index (χ3v) is 5.66. The van der Waals surface area contributed by atoms with Crippen LogP contribution in [0, 0.1) is 0 Å². The Hall–Kier alpha value is -3.31. The van der Waals surface area contributed by atoms with Gasteiger partial charge >= 0.3 is 12.0 Å². The highest BCUT2D eigenvalue weighted by Crippen LogP contribution is 2.38. The van der Waals surface area contributed by atoms with Gasteiger partial charge in [0.1, 0.15) is 0 Å². The Bertz CT molecular complexity index is 1100. The van der Waals surface area contributed by atoms with Crippen molar-refractivity contribution >= 4 is 29.3 Å². The summed E-state index contributed by atoms with van der Waals surface area (Å²) in [6.45, 7) is 0.527. The van der Waals surface area contributed by atoms with E-state index in [1.54, 1.807) is 29.2 Å². The normalized spacial score (nSPS) is 15.3. The Labute approximate surface area is 180 Å². The van der Waals surface area contributed by atoms with Crippen LogP contribution in [-0.4, -0.2) is 30.6 Å². The van der Waals surface area contributed by atoms with Gasteiger partial charge in [0.25, 0.3) is 0 Å². The number of hydrogen-bond acceptors (Lipinski definition) is 3. The number of rotatable bonds is 3. The van der Waals surface area contributed by atoms with E-state index in [1.165, 1.54) is 12.7 Å². The highest BCUT2D eigenvalue weighted by molar-refractivity contribution is 6.31. The molecule has 3 aromatic carbocycles. The molecule has 0 saturated heterocycles. The molecule has 0 aliphatic carbocycles. The van der Waals surface area contributed by atoms with Crippen molar-refractivity contribution in [1.29, 1.82) is 0 Å². The first-order chi connectivity index (χ1) is 14.6. The lowest BCUT2D eigenvalue weighted by molar-refractivity contribution is 0.0602. The molecule has 1 unspecified atom stereocenters. The fourth-order valence-electron chi connectivity index (χ4n) is 3.88. The lowest BCUT2D eigenvalue weighted by atomic mass is 9.88. The van der Waals surface area contributed by atoms with Crippen molar-refractivity contribution in [2.24, 2.45) is 0 Å². The highest BCUT2D eigenvalue weighted by Gasteiger charge is 2.33. The Kier molecular flexibility index (Phi) is 5.72. The maximum atomic E-state index is 13.4. The number of nitrogens with zero attached hydrogens (tertiary/aromatic N) is 1. The summed E-state index contributed by atoms with van der Waals surface area (Å²) in [5.74, 6) is -0.502. The summed E-state index contributed by atoms with van der Waals surface area (Å²) in [5.41, 5.74) is 3.82. The van der Waals surface area contributed by atoms with E-state index in [9.17, 15) is 9.59 Å². The van der Waals surface area contributed by atoms with Crippen molar-refractivity contribution in [3.63, 3.8) is 0 Å². The van der Waals surface area contributed by atoms with E-state index in [2.05, 4.69) is 11.4 Å². The second kappa shape index (κ2) is 8.59. The van der Waals surface area contributed by atoms with Crippen LogP contribution in [0.15, 0.2) is 72.8 Å². The topological polar surface area (TPSA) is 58.6 Å². The number of hydrogen-bond donors (Lipinski definition) is 1. The zero-order valence-corrected chi connectivity index (χ0v) is 17.2. The number of carbonyl (C=O) groups excluding carboxylic acids is 2. The van der Waals surface area contributed by atoms with Gasteiger partial charge in [-0.05, 0) is 41.3 Å². The summed E-state index contributed by atoms with van der Waals surface area (Å²) in [5, 5.41) is 3.49. The molecule has 3 aromatic rings. The molecule has 0 aromatic heterocycles. The smallest absolute Gasteiger partial charge is 0.339 e. The van der Waals surface area contributed by atoms with Gasteiger partial charge in [-0.15, -0.1) is 0 Å². The Balaban J connectivity index is 1.72. The largest absolute Gasteiger partial charge is 0.465 e. The van der Waals surface area contributed by atoms with Crippen LogP contribution in [0.4, 0.5) is 10.5 Å². The number of ether oxygens (including phenoxy) is 1. The average molecular weight is 421 g/mol. The molecule has 1 aliphatic rings. The maximum absolute atomic E-state index is 13.4. The molecule has 4 rings (SSSR count). The van der Waals surface area contributed by atoms with Crippen LogP contribution in [-0.2, 0) is 11.2 Å². The minimum atomic E-state index is -0.502. The second-order valence-electron chi connectivity index (χ2n) is 7.03. The van der Waals surface area contributed by atoms with Gasteiger partial charge in [-0.1, -0.05) is 66.2 Å². The first-order valence-corrected chi connectivity index (χ1v) is 10.0. The molecule has 30 heavy (non-hydrogen) atoms. The number of carbonyl (C=O) groups is 2. The van der Waals surface area contributed by atoms with Gasteiger partial charge in [-0.2, -0.15) is 0 Å². The van der Waals surface area contributed by atoms with Crippen LogP contribution in [0.1, 0.15) is 33.1 Å². The fourth-order valence-corrected chi connectivity index (χ4v) is 4.12. The molecule has 152 valence electrons. The van der Waals surface area contributed by atoms with E-state index in [0.29, 0.717) is 22.8 Å². The number of nitrogens with one attached hydrogen (secondary N) is 1. The van der Waals surface area contributed by atoms with Gasteiger partial charge in [0.05, 0.1) is 24.4 Å². The van der Waals surface area contributed by atoms with E-state index in [0.717, 1.165) is 17.5 Å². The van der Waals surface area contributed by atoms with Crippen LogP contribution in [0.25, 0.3) is 0 Å². The van der Waals surface area contributed by atoms with Crippen molar-refractivity contribution in [3.8, 4) is 0 Å². The summed E-state index contributed by atoms with van der Waals surface area (Å²) < 4.78 is 4.84. The molecular formula is C24H21ClN2O3. The number of benzene rings is 3. The van der Waals surface area contributed by atoms with Gasteiger partial charge in [-0.3, -0.25) is 0 Å². The molecule has 1 atom stereocenters. The van der Waals surface area contributed by atoms with Gasteiger partial charge in [0.2, 0.25) is 0 Å². The molecule has 5 nitrogen and oxygen atoms in total. The molecule has 1 aliphatic heterocycles. The van der Waals surface area contributed by atoms with Crippen molar-refractivity contribution in [2.75, 3.05) is 19.0 Å². The maximum Gasteiger partial charge on any atom is 0.339 e. The molecule has 0 fully saturated rings. The number of urea groups is 1. The van der Waals surface area contributed by atoms with Crippen LogP contribution < -0.4 is 5.32 Å².